The lowest BCUT2D eigenvalue weighted by Crippen LogP contribution is -2.44. The van der Waals surface area contributed by atoms with Crippen LogP contribution in [0.2, 0.25) is 0 Å². The molecule has 0 saturated heterocycles. The quantitative estimate of drug-likeness (QED) is 0.730. The van der Waals surface area contributed by atoms with E-state index in [1.807, 2.05) is 13.0 Å². The minimum atomic E-state index is -0.0230. The normalized spacial score (nSPS) is 32.6. The number of allylic oxidation sites excluding steroid dienone is 2. The number of nitrogens with zero attached hydrogens (tertiary/aromatic N) is 1. The van der Waals surface area contributed by atoms with Gasteiger partial charge in [-0.05, 0) is 23.7 Å². The van der Waals surface area contributed by atoms with Crippen LogP contribution in [0.4, 0.5) is 0 Å². The molecule has 2 heteroatoms. The van der Waals surface area contributed by atoms with Gasteiger partial charge in [0.05, 0.1) is 5.57 Å². The molecular formula is C17H27NO. The molecule has 0 aliphatic heterocycles. The van der Waals surface area contributed by atoms with Gasteiger partial charge in [-0.2, -0.15) is 5.26 Å². The maximum Gasteiger partial charge on any atom is 0.176 e. The SMILES string of the molecule is CCC[C@@]1(C(C)CC)C=C(C#N)C(=O)[C@H](C)[C@H]1CC. The van der Waals surface area contributed by atoms with E-state index in [2.05, 4.69) is 33.8 Å². The summed E-state index contributed by atoms with van der Waals surface area (Å²) in [5, 5.41) is 9.25. The van der Waals surface area contributed by atoms with Crippen LogP contribution < -0.4 is 0 Å². The van der Waals surface area contributed by atoms with Gasteiger partial charge in [0.15, 0.2) is 5.78 Å². The maximum atomic E-state index is 12.2. The molecule has 0 aromatic heterocycles. The van der Waals surface area contributed by atoms with Gasteiger partial charge in [0.2, 0.25) is 0 Å². The van der Waals surface area contributed by atoms with E-state index in [9.17, 15) is 10.1 Å². The molecule has 106 valence electrons. The van der Waals surface area contributed by atoms with Crippen molar-refractivity contribution in [1.82, 2.24) is 0 Å². The van der Waals surface area contributed by atoms with Gasteiger partial charge in [0.25, 0.3) is 0 Å². The van der Waals surface area contributed by atoms with E-state index in [1.165, 1.54) is 0 Å². The van der Waals surface area contributed by atoms with Crippen LogP contribution in [-0.2, 0) is 4.79 Å². The zero-order valence-corrected chi connectivity index (χ0v) is 13.0. The summed E-state index contributed by atoms with van der Waals surface area (Å²) in [5.41, 5.74) is 0.419. The molecule has 0 bridgehead atoms. The van der Waals surface area contributed by atoms with Gasteiger partial charge in [-0.25, -0.2) is 0 Å². The Morgan fingerprint density at radius 1 is 1.42 bits per heavy atom. The van der Waals surface area contributed by atoms with E-state index in [0.29, 0.717) is 17.4 Å². The Hall–Kier alpha value is -1.10. The fourth-order valence-electron chi connectivity index (χ4n) is 3.99. The summed E-state index contributed by atoms with van der Waals surface area (Å²) in [7, 11) is 0. The molecular weight excluding hydrogens is 234 g/mol. The number of nitriles is 1. The van der Waals surface area contributed by atoms with E-state index in [0.717, 1.165) is 25.7 Å². The molecule has 0 fully saturated rings. The highest BCUT2D eigenvalue weighted by molar-refractivity contribution is 6.01. The van der Waals surface area contributed by atoms with Crippen LogP contribution in [0.1, 0.15) is 60.3 Å². The van der Waals surface area contributed by atoms with Crippen LogP contribution in [0.15, 0.2) is 11.6 Å². The van der Waals surface area contributed by atoms with E-state index in [-0.39, 0.29) is 17.1 Å². The molecule has 0 saturated carbocycles. The zero-order valence-electron chi connectivity index (χ0n) is 13.0. The Morgan fingerprint density at radius 3 is 2.47 bits per heavy atom. The number of Topliss-reactive ketones (excluding diaryl/α,β-unsaturated/α-hetero) is 1. The standard InChI is InChI=1S/C17H27NO/c1-6-9-17(12(4)7-2)10-14(11-18)16(19)13(5)15(17)8-3/h10,12-13,15H,6-9H2,1-5H3/t12?,13-,15-,17+/m1/s1. The van der Waals surface area contributed by atoms with Crippen molar-refractivity contribution in [3.05, 3.63) is 11.6 Å². The summed E-state index contributed by atoms with van der Waals surface area (Å²) in [6.45, 7) is 10.8. The molecule has 0 heterocycles. The molecule has 0 aromatic carbocycles. The lowest BCUT2D eigenvalue weighted by Gasteiger charge is -2.48. The summed E-state index contributed by atoms with van der Waals surface area (Å²) < 4.78 is 0. The van der Waals surface area contributed by atoms with Crippen LogP contribution in [0.25, 0.3) is 0 Å². The first-order valence-corrected chi connectivity index (χ1v) is 7.65. The average Bonchev–Trinajstić information content (AvgIpc) is 2.42. The predicted molar refractivity (Wildman–Crippen MR) is 78.4 cm³/mol. The van der Waals surface area contributed by atoms with Gasteiger partial charge < -0.3 is 0 Å². The van der Waals surface area contributed by atoms with Crippen molar-refractivity contribution in [2.24, 2.45) is 23.2 Å². The van der Waals surface area contributed by atoms with Gasteiger partial charge in [0, 0.05) is 5.92 Å². The van der Waals surface area contributed by atoms with E-state index in [4.69, 9.17) is 0 Å². The van der Waals surface area contributed by atoms with Crippen LogP contribution in [0.3, 0.4) is 0 Å². The molecule has 0 aromatic rings. The summed E-state index contributed by atoms with van der Waals surface area (Å²) in [5.74, 6) is 0.901. The average molecular weight is 261 g/mol. The maximum absolute atomic E-state index is 12.2. The highest BCUT2D eigenvalue weighted by Crippen LogP contribution is 2.51. The molecule has 1 unspecified atom stereocenters. The van der Waals surface area contributed by atoms with Crippen molar-refractivity contribution in [2.45, 2.75) is 60.3 Å². The second-order valence-electron chi connectivity index (χ2n) is 6.01. The molecule has 0 spiro atoms. The lowest BCUT2D eigenvalue weighted by molar-refractivity contribution is -0.123. The second-order valence-corrected chi connectivity index (χ2v) is 6.01. The molecule has 1 aliphatic rings. The third kappa shape index (κ3) is 2.61. The molecule has 19 heavy (non-hydrogen) atoms. The minimum Gasteiger partial charge on any atom is -0.293 e. The molecule has 0 N–H and O–H groups in total. The summed E-state index contributed by atoms with van der Waals surface area (Å²) in [4.78, 5) is 12.2. The Balaban J connectivity index is 3.41. The number of ketones is 1. The fourth-order valence-corrected chi connectivity index (χ4v) is 3.99. The van der Waals surface area contributed by atoms with Crippen molar-refractivity contribution >= 4 is 5.78 Å². The molecule has 0 radical (unpaired) electrons. The highest BCUT2D eigenvalue weighted by Gasteiger charge is 2.47. The predicted octanol–water partition coefficient (Wildman–Crippen LogP) is 4.51. The minimum absolute atomic E-state index is 0.0230. The van der Waals surface area contributed by atoms with Gasteiger partial charge in [0.1, 0.15) is 6.07 Å². The number of carbonyl (C=O) groups excluding carboxylic acids is 1. The van der Waals surface area contributed by atoms with Gasteiger partial charge >= 0.3 is 0 Å². The third-order valence-electron chi connectivity index (χ3n) is 5.16. The number of carbonyl (C=O) groups is 1. The lowest BCUT2D eigenvalue weighted by atomic mass is 9.55. The number of hydrogen-bond donors (Lipinski definition) is 0. The van der Waals surface area contributed by atoms with E-state index >= 15 is 0 Å². The first kappa shape index (κ1) is 16.0. The monoisotopic (exact) mass is 261 g/mol. The molecule has 4 atom stereocenters. The third-order valence-corrected chi connectivity index (χ3v) is 5.16. The van der Waals surface area contributed by atoms with Gasteiger partial charge in [-0.3, -0.25) is 4.79 Å². The highest BCUT2D eigenvalue weighted by atomic mass is 16.1. The summed E-state index contributed by atoms with van der Waals surface area (Å²) in [6, 6.07) is 2.13. The number of hydrogen-bond acceptors (Lipinski definition) is 2. The van der Waals surface area contributed by atoms with Crippen molar-refractivity contribution in [3.8, 4) is 6.07 Å². The van der Waals surface area contributed by atoms with E-state index in [1.54, 1.807) is 0 Å². The topological polar surface area (TPSA) is 40.9 Å². The van der Waals surface area contributed by atoms with Gasteiger partial charge in [-0.1, -0.05) is 60.0 Å². The summed E-state index contributed by atoms with van der Waals surface area (Å²) in [6.07, 6.45) is 6.29. The Kier molecular flexibility index (Phi) is 5.35. The Bertz CT molecular complexity index is 404. The molecule has 0 amide bonds. The van der Waals surface area contributed by atoms with E-state index < -0.39 is 0 Å². The molecule has 1 rings (SSSR count). The Labute approximate surface area is 117 Å². The largest absolute Gasteiger partial charge is 0.293 e. The fraction of sp³-hybridized carbons (Fsp3) is 0.765. The summed E-state index contributed by atoms with van der Waals surface area (Å²) >= 11 is 0. The first-order valence-electron chi connectivity index (χ1n) is 7.65. The second kappa shape index (κ2) is 6.37. The van der Waals surface area contributed by atoms with Crippen molar-refractivity contribution in [1.29, 1.82) is 5.26 Å². The Morgan fingerprint density at radius 2 is 2.05 bits per heavy atom. The van der Waals surface area contributed by atoms with Crippen molar-refractivity contribution < 1.29 is 4.79 Å². The van der Waals surface area contributed by atoms with Crippen LogP contribution in [0, 0.1) is 34.5 Å². The number of rotatable bonds is 5. The van der Waals surface area contributed by atoms with Crippen LogP contribution >= 0.6 is 0 Å². The first-order chi connectivity index (χ1) is 8.98. The van der Waals surface area contributed by atoms with Crippen molar-refractivity contribution in [3.63, 3.8) is 0 Å². The van der Waals surface area contributed by atoms with Crippen LogP contribution in [0.5, 0.6) is 0 Å². The van der Waals surface area contributed by atoms with Crippen molar-refractivity contribution in [2.75, 3.05) is 0 Å². The smallest absolute Gasteiger partial charge is 0.176 e. The van der Waals surface area contributed by atoms with Crippen LogP contribution in [-0.4, -0.2) is 5.78 Å². The molecule has 2 nitrogen and oxygen atoms in total. The molecule has 1 aliphatic carbocycles. The van der Waals surface area contributed by atoms with Gasteiger partial charge in [-0.15, -0.1) is 0 Å². The zero-order chi connectivity index (χ0) is 14.6.